The van der Waals surface area contributed by atoms with Crippen LogP contribution in [0.15, 0.2) is 24.3 Å². The van der Waals surface area contributed by atoms with Crippen LogP contribution < -0.4 is 21.1 Å². The van der Waals surface area contributed by atoms with Crippen LogP contribution in [0.1, 0.15) is 27.2 Å². The predicted molar refractivity (Wildman–Crippen MR) is 73.1 cm³/mol. The quantitative estimate of drug-likeness (QED) is 0.873. The van der Waals surface area contributed by atoms with Gasteiger partial charge in [0.2, 0.25) is 0 Å². The van der Waals surface area contributed by atoms with E-state index in [1.165, 1.54) is 0 Å². The maximum Gasteiger partial charge on any atom is 0.327 e. The fourth-order valence-electron chi connectivity index (χ4n) is 1.42. The van der Waals surface area contributed by atoms with Gasteiger partial charge >= 0.3 is 12.1 Å². The smallest absolute Gasteiger partial charge is 0.327 e. The Bertz CT molecular complexity index is 455. The van der Waals surface area contributed by atoms with E-state index in [2.05, 4.69) is 0 Å². The Morgan fingerprint density at radius 3 is 2.00 bits per heavy atom. The predicted octanol–water partition coefficient (Wildman–Crippen LogP) is 2.22. The third-order valence-corrected chi connectivity index (χ3v) is 2.78. The number of urea groups is 2. The van der Waals surface area contributed by atoms with E-state index in [0.29, 0.717) is 16.3 Å². The molecular weight excluding hydrogens is 246 g/mol. The highest BCUT2D eigenvalue weighted by molar-refractivity contribution is 6.12. The van der Waals surface area contributed by atoms with Gasteiger partial charge in [-0.25, -0.2) is 14.5 Å². The third-order valence-electron chi connectivity index (χ3n) is 2.78. The number of hydrogen-bond donors (Lipinski definition) is 2. The number of carbonyl (C=O) groups is 2. The number of anilines is 1. The monoisotopic (exact) mass is 265 g/mol. The van der Waals surface area contributed by atoms with Crippen molar-refractivity contribution < 1.29 is 14.3 Å². The molecule has 0 aromatic heterocycles. The van der Waals surface area contributed by atoms with Crippen molar-refractivity contribution in [1.82, 2.24) is 0 Å². The van der Waals surface area contributed by atoms with Gasteiger partial charge < -0.3 is 16.2 Å². The average molecular weight is 265 g/mol. The van der Waals surface area contributed by atoms with Crippen LogP contribution >= 0.6 is 0 Å². The molecule has 1 aromatic carbocycles. The van der Waals surface area contributed by atoms with E-state index < -0.39 is 12.1 Å². The van der Waals surface area contributed by atoms with E-state index in [1.54, 1.807) is 24.3 Å². The zero-order chi connectivity index (χ0) is 14.6. The normalized spacial score (nSPS) is 10.9. The van der Waals surface area contributed by atoms with Crippen LogP contribution in [0.2, 0.25) is 0 Å². The number of nitrogens with two attached hydrogens (primary N) is 2. The standard InChI is InChI=1S/C13H19N3O3/c1-4-13(2,3)19-10-7-5-9(6-8-10)16(11(14)17)12(15)18/h5-8H,4H2,1-3H3,(H2,14,17)(H2,15,18). The van der Waals surface area contributed by atoms with Gasteiger partial charge in [-0.15, -0.1) is 0 Å². The molecule has 6 nitrogen and oxygen atoms in total. The van der Waals surface area contributed by atoms with E-state index in [1.807, 2.05) is 20.8 Å². The summed E-state index contributed by atoms with van der Waals surface area (Å²) in [4.78, 5) is 22.9. The van der Waals surface area contributed by atoms with Gasteiger partial charge in [-0.2, -0.15) is 0 Å². The Morgan fingerprint density at radius 1 is 1.16 bits per heavy atom. The van der Waals surface area contributed by atoms with Crippen LogP contribution in [0, 0.1) is 0 Å². The molecule has 0 spiro atoms. The van der Waals surface area contributed by atoms with E-state index in [4.69, 9.17) is 16.2 Å². The lowest BCUT2D eigenvalue weighted by atomic mass is 10.1. The first-order chi connectivity index (χ1) is 8.76. The molecule has 0 saturated heterocycles. The number of hydrogen-bond acceptors (Lipinski definition) is 3. The van der Waals surface area contributed by atoms with Gasteiger partial charge in [0.05, 0.1) is 5.69 Å². The highest BCUT2D eigenvalue weighted by Gasteiger charge is 2.19. The van der Waals surface area contributed by atoms with Gasteiger partial charge in [0.25, 0.3) is 0 Å². The maximum atomic E-state index is 11.1. The number of amides is 4. The molecule has 1 aromatic rings. The Labute approximate surface area is 112 Å². The molecule has 0 bridgehead atoms. The van der Waals surface area contributed by atoms with Crippen LogP contribution in [0.25, 0.3) is 0 Å². The second-order valence-electron chi connectivity index (χ2n) is 4.72. The number of imide groups is 1. The van der Waals surface area contributed by atoms with Crippen LogP contribution in [-0.4, -0.2) is 17.7 Å². The van der Waals surface area contributed by atoms with Crippen molar-refractivity contribution in [3.63, 3.8) is 0 Å². The Hall–Kier alpha value is -2.24. The van der Waals surface area contributed by atoms with Crippen molar-refractivity contribution in [1.29, 1.82) is 0 Å². The highest BCUT2D eigenvalue weighted by atomic mass is 16.5. The topological polar surface area (TPSA) is 98.7 Å². The molecule has 6 heteroatoms. The summed E-state index contributed by atoms with van der Waals surface area (Å²) in [5.74, 6) is 0.643. The number of benzene rings is 1. The van der Waals surface area contributed by atoms with Crippen molar-refractivity contribution in [3.05, 3.63) is 24.3 Å². The number of primary amides is 2. The molecule has 0 aliphatic rings. The minimum atomic E-state index is -0.921. The van der Waals surface area contributed by atoms with E-state index >= 15 is 0 Å². The summed E-state index contributed by atoms with van der Waals surface area (Å²) in [7, 11) is 0. The van der Waals surface area contributed by atoms with Crippen molar-refractivity contribution >= 4 is 17.7 Å². The number of carbonyl (C=O) groups excluding carboxylic acids is 2. The van der Waals surface area contributed by atoms with Gasteiger partial charge in [-0.3, -0.25) is 0 Å². The van der Waals surface area contributed by atoms with Crippen molar-refractivity contribution in [2.45, 2.75) is 32.8 Å². The number of ether oxygens (including phenoxy) is 1. The molecule has 0 heterocycles. The molecule has 0 aliphatic heterocycles. The molecule has 19 heavy (non-hydrogen) atoms. The van der Waals surface area contributed by atoms with E-state index in [-0.39, 0.29) is 5.60 Å². The van der Waals surface area contributed by atoms with Crippen LogP contribution in [0.5, 0.6) is 5.75 Å². The molecule has 4 amide bonds. The summed E-state index contributed by atoms with van der Waals surface area (Å²) < 4.78 is 5.76. The lowest BCUT2D eigenvalue weighted by Gasteiger charge is -2.25. The minimum absolute atomic E-state index is 0.283. The Balaban J connectivity index is 2.93. The Kier molecular flexibility index (Phi) is 4.37. The third kappa shape index (κ3) is 3.87. The van der Waals surface area contributed by atoms with Crippen LogP contribution in [-0.2, 0) is 0 Å². The molecule has 0 saturated carbocycles. The van der Waals surface area contributed by atoms with Crippen molar-refractivity contribution in [3.8, 4) is 5.75 Å². The zero-order valence-corrected chi connectivity index (χ0v) is 11.3. The largest absolute Gasteiger partial charge is 0.488 e. The van der Waals surface area contributed by atoms with E-state index in [9.17, 15) is 9.59 Å². The second kappa shape index (κ2) is 5.60. The summed E-state index contributed by atoms with van der Waals surface area (Å²) in [5.41, 5.74) is 10.2. The molecule has 0 fully saturated rings. The molecule has 0 aliphatic carbocycles. The molecular formula is C13H19N3O3. The van der Waals surface area contributed by atoms with Crippen molar-refractivity contribution in [2.75, 3.05) is 4.90 Å². The van der Waals surface area contributed by atoms with Crippen LogP contribution in [0.4, 0.5) is 15.3 Å². The molecule has 0 radical (unpaired) electrons. The molecule has 104 valence electrons. The lowest BCUT2D eigenvalue weighted by Crippen LogP contribution is -2.44. The van der Waals surface area contributed by atoms with Gasteiger partial charge in [0.1, 0.15) is 11.4 Å². The fraction of sp³-hybridized carbons (Fsp3) is 0.385. The van der Waals surface area contributed by atoms with Gasteiger partial charge in [0, 0.05) is 0 Å². The number of rotatable bonds is 4. The maximum absolute atomic E-state index is 11.1. The summed E-state index contributed by atoms with van der Waals surface area (Å²) >= 11 is 0. The Morgan fingerprint density at radius 2 is 1.63 bits per heavy atom. The van der Waals surface area contributed by atoms with Gasteiger partial charge in [-0.05, 0) is 44.5 Å². The first kappa shape index (κ1) is 14.8. The molecule has 0 unspecified atom stereocenters. The van der Waals surface area contributed by atoms with Crippen molar-refractivity contribution in [2.24, 2.45) is 11.5 Å². The lowest BCUT2D eigenvalue weighted by molar-refractivity contribution is 0.105. The van der Waals surface area contributed by atoms with Gasteiger partial charge in [-0.1, -0.05) is 6.92 Å². The highest BCUT2D eigenvalue weighted by Crippen LogP contribution is 2.24. The van der Waals surface area contributed by atoms with E-state index in [0.717, 1.165) is 6.42 Å². The fourth-order valence-corrected chi connectivity index (χ4v) is 1.42. The summed E-state index contributed by atoms with van der Waals surface area (Å²) in [5, 5.41) is 0. The van der Waals surface area contributed by atoms with Crippen LogP contribution in [0.3, 0.4) is 0 Å². The molecule has 1 rings (SSSR count). The first-order valence-electron chi connectivity index (χ1n) is 5.95. The minimum Gasteiger partial charge on any atom is -0.488 e. The van der Waals surface area contributed by atoms with Gasteiger partial charge in [0.15, 0.2) is 0 Å². The molecule has 4 N–H and O–H groups in total. The summed E-state index contributed by atoms with van der Waals surface area (Å²) in [6.45, 7) is 5.97. The molecule has 0 atom stereocenters. The first-order valence-corrected chi connectivity index (χ1v) is 5.95. The summed E-state index contributed by atoms with van der Waals surface area (Å²) in [6, 6.07) is 4.58. The second-order valence-corrected chi connectivity index (χ2v) is 4.72. The zero-order valence-electron chi connectivity index (χ0n) is 11.3. The summed E-state index contributed by atoms with van der Waals surface area (Å²) in [6.07, 6.45) is 0.851. The SMILES string of the molecule is CCC(C)(C)Oc1ccc(N(C(N)=O)C(N)=O)cc1. The average Bonchev–Trinajstić information content (AvgIpc) is 2.30. The number of nitrogens with zero attached hydrogens (tertiary/aromatic N) is 1.